The molecule has 3 rings (SSSR count). The number of aromatic nitrogens is 2. The predicted molar refractivity (Wildman–Crippen MR) is 92.9 cm³/mol. The molecular formula is C19H21N3O2. The Balaban J connectivity index is 1.54. The van der Waals surface area contributed by atoms with E-state index in [1.54, 1.807) is 7.11 Å². The first-order chi connectivity index (χ1) is 11.8. The zero-order valence-corrected chi connectivity index (χ0v) is 14.0. The molecule has 0 fully saturated rings. The third kappa shape index (κ3) is 3.81. The van der Waals surface area contributed by atoms with Crippen LogP contribution >= 0.6 is 0 Å². The van der Waals surface area contributed by atoms with Crippen LogP contribution in [0, 0.1) is 6.92 Å². The standard InChI is InChI=1S/C19H21N3O2/c1-14-7-3-5-9-16(14)19-22-21-18(24-19)13-20-12-11-15-8-4-6-10-17(15)23-2/h3-10,20H,11-13H2,1-2H3. The highest BCUT2D eigenvalue weighted by atomic mass is 16.5. The van der Waals surface area contributed by atoms with E-state index in [2.05, 4.69) is 21.6 Å². The highest BCUT2D eigenvalue weighted by Crippen LogP contribution is 2.21. The number of benzene rings is 2. The zero-order chi connectivity index (χ0) is 16.8. The van der Waals surface area contributed by atoms with E-state index in [0.717, 1.165) is 29.8 Å². The monoisotopic (exact) mass is 323 g/mol. The molecule has 0 amide bonds. The van der Waals surface area contributed by atoms with Crippen molar-refractivity contribution in [2.75, 3.05) is 13.7 Å². The van der Waals surface area contributed by atoms with Gasteiger partial charge in [0.25, 0.3) is 0 Å². The molecule has 0 spiro atoms. The summed E-state index contributed by atoms with van der Waals surface area (Å²) in [4.78, 5) is 0. The summed E-state index contributed by atoms with van der Waals surface area (Å²) in [6.45, 7) is 3.39. The van der Waals surface area contributed by atoms with Crippen molar-refractivity contribution in [3.05, 3.63) is 65.5 Å². The maximum Gasteiger partial charge on any atom is 0.248 e. The maximum atomic E-state index is 5.74. The molecule has 5 heteroatoms. The van der Waals surface area contributed by atoms with Gasteiger partial charge in [0.1, 0.15) is 5.75 Å². The second kappa shape index (κ2) is 7.75. The fraction of sp³-hybridized carbons (Fsp3) is 0.263. The topological polar surface area (TPSA) is 60.2 Å². The van der Waals surface area contributed by atoms with Crippen LogP contribution in [0.5, 0.6) is 5.75 Å². The first-order valence-electron chi connectivity index (χ1n) is 7.99. The number of para-hydroxylation sites is 1. The molecule has 0 saturated heterocycles. The van der Waals surface area contributed by atoms with Crippen LogP contribution in [0.15, 0.2) is 52.9 Å². The lowest BCUT2D eigenvalue weighted by molar-refractivity contribution is 0.408. The lowest BCUT2D eigenvalue weighted by atomic mass is 10.1. The summed E-state index contributed by atoms with van der Waals surface area (Å²) in [5.74, 6) is 2.07. The minimum absolute atomic E-state index is 0.550. The van der Waals surface area contributed by atoms with Gasteiger partial charge in [-0.1, -0.05) is 36.4 Å². The lowest BCUT2D eigenvalue weighted by Gasteiger charge is -2.08. The number of methoxy groups -OCH3 is 1. The Kier molecular flexibility index (Phi) is 5.23. The lowest BCUT2D eigenvalue weighted by Crippen LogP contribution is -2.17. The first-order valence-corrected chi connectivity index (χ1v) is 7.99. The Hall–Kier alpha value is -2.66. The van der Waals surface area contributed by atoms with Crippen LogP contribution in [0.2, 0.25) is 0 Å². The Morgan fingerprint density at radius 2 is 1.83 bits per heavy atom. The molecule has 3 aromatic rings. The van der Waals surface area contributed by atoms with Crippen LogP contribution < -0.4 is 10.1 Å². The first kappa shape index (κ1) is 16.2. The molecule has 1 heterocycles. The molecular weight excluding hydrogens is 302 g/mol. The number of nitrogens with zero attached hydrogens (tertiary/aromatic N) is 2. The van der Waals surface area contributed by atoms with Crippen molar-refractivity contribution < 1.29 is 9.15 Å². The van der Waals surface area contributed by atoms with Gasteiger partial charge in [-0.2, -0.15) is 0 Å². The molecule has 0 unspecified atom stereocenters. The van der Waals surface area contributed by atoms with E-state index in [1.165, 1.54) is 5.56 Å². The van der Waals surface area contributed by atoms with E-state index in [1.807, 2.05) is 49.4 Å². The molecule has 0 atom stereocenters. The van der Waals surface area contributed by atoms with Crippen molar-refractivity contribution >= 4 is 0 Å². The van der Waals surface area contributed by atoms with Crippen molar-refractivity contribution in [3.8, 4) is 17.2 Å². The Morgan fingerprint density at radius 1 is 1.04 bits per heavy atom. The SMILES string of the molecule is COc1ccccc1CCNCc1nnc(-c2ccccc2C)o1. The van der Waals surface area contributed by atoms with E-state index in [-0.39, 0.29) is 0 Å². The molecule has 0 bridgehead atoms. The fourth-order valence-electron chi connectivity index (χ4n) is 2.57. The van der Waals surface area contributed by atoms with Gasteiger partial charge in [-0.25, -0.2) is 0 Å². The molecule has 0 aliphatic heterocycles. The van der Waals surface area contributed by atoms with Crippen LogP contribution in [0.3, 0.4) is 0 Å². The number of hydrogen-bond donors (Lipinski definition) is 1. The number of rotatable bonds is 7. The van der Waals surface area contributed by atoms with Gasteiger partial charge in [-0.3, -0.25) is 0 Å². The highest BCUT2D eigenvalue weighted by Gasteiger charge is 2.10. The van der Waals surface area contributed by atoms with Crippen LogP contribution in [0.25, 0.3) is 11.5 Å². The fourth-order valence-corrected chi connectivity index (χ4v) is 2.57. The second-order valence-corrected chi connectivity index (χ2v) is 5.55. The molecule has 1 aromatic heterocycles. The average Bonchev–Trinajstić information content (AvgIpc) is 3.08. The van der Waals surface area contributed by atoms with Gasteiger partial charge < -0.3 is 14.5 Å². The Morgan fingerprint density at radius 3 is 2.67 bits per heavy atom. The van der Waals surface area contributed by atoms with Crippen LogP contribution in [0.1, 0.15) is 17.0 Å². The maximum absolute atomic E-state index is 5.74. The number of hydrogen-bond acceptors (Lipinski definition) is 5. The van der Waals surface area contributed by atoms with Gasteiger partial charge in [0.05, 0.1) is 13.7 Å². The van der Waals surface area contributed by atoms with E-state index in [4.69, 9.17) is 9.15 Å². The summed E-state index contributed by atoms with van der Waals surface area (Å²) < 4.78 is 11.1. The normalized spacial score (nSPS) is 10.8. The highest BCUT2D eigenvalue weighted by molar-refractivity contribution is 5.57. The molecule has 0 radical (unpaired) electrons. The van der Waals surface area contributed by atoms with Gasteiger partial charge in [0, 0.05) is 5.56 Å². The summed E-state index contributed by atoms with van der Waals surface area (Å²) in [5, 5.41) is 11.6. The van der Waals surface area contributed by atoms with Crippen molar-refractivity contribution in [1.29, 1.82) is 0 Å². The summed E-state index contributed by atoms with van der Waals surface area (Å²) in [5.41, 5.74) is 3.28. The summed E-state index contributed by atoms with van der Waals surface area (Å²) in [6.07, 6.45) is 0.878. The van der Waals surface area contributed by atoms with Crippen molar-refractivity contribution in [2.45, 2.75) is 19.9 Å². The molecule has 0 aliphatic carbocycles. The molecule has 0 aliphatic rings. The van der Waals surface area contributed by atoms with Crippen LogP contribution in [-0.2, 0) is 13.0 Å². The van der Waals surface area contributed by atoms with Crippen molar-refractivity contribution in [3.63, 3.8) is 0 Å². The van der Waals surface area contributed by atoms with Gasteiger partial charge in [-0.05, 0) is 43.1 Å². The molecule has 2 aromatic carbocycles. The number of nitrogens with one attached hydrogen (secondary N) is 1. The van der Waals surface area contributed by atoms with E-state index in [9.17, 15) is 0 Å². The van der Waals surface area contributed by atoms with E-state index < -0.39 is 0 Å². The van der Waals surface area contributed by atoms with Gasteiger partial charge in [0.2, 0.25) is 11.8 Å². The quantitative estimate of drug-likeness (QED) is 0.675. The smallest absolute Gasteiger partial charge is 0.248 e. The van der Waals surface area contributed by atoms with Crippen LogP contribution in [0.4, 0.5) is 0 Å². The number of ether oxygens (including phenoxy) is 1. The summed E-state index contributed by atoms with van der Waals surface area (Å²) in [7, 11) is 1.69. The predicted octanol–water partition coefficient (Wildman–Crippen LogP) is 3.39. The minimum atomic E-state index is 0.550. The van der Waals surface area contributed by atoms with Gasteiger partial charge in [0.15, 0.2) is 0 Å². The summed E-state index contributed by atoms with van der Waals surface area (Å²) in [6, 6.07) is 16.0. The molecule has 124 valence electrons. The van der Waals surface area contributed by atoms with Crippen LogP contribution in [-0.4, -0.2) is 23.9 Å². The largest absolute Gasteiger partial charge is 0.496 e. The molecule has 0 saturated carbocycles. The Bertz CT molecular complexity index is 799. The van der Waals surface area contributed by atoms with Crippen molar-refractivity contribution in [2.24, 2.45) is 0 Å². The average molecular weight is 323 g/mol. The van der Waals surface area contributed by atoms with Crippen molar-refractivity contribution in [1.82, 2.24) is 15.5 Å². The number of aryl methyl sites for hydroxylation is 1. The molecule has 5 nitrogen and oxygen atoms in total. The van der Waals surface area contributed by atoms with E-state index >= 15 is 0 Å². The van der Waals surface area contributed by atoms with E-state index in [0.29, 0.717) is 18.3 Å². The third-order valence-electron chi connectivity index (χ3n) is 3.88. The minimum Gasteiger partial charge on any atom is -0.496 e. The second-order valence-electron chi connectivity index (χ2n) is 5.55. The van der Waals surface area contributed by atoms with Gasteiger partial charge >= 0.3 is 0 Å². The molecule has 24 heavy (non-hydrogen) atoms. The molecule has 1 N–H and O–H groups in total. The van der Waals surface area contributed by atoms with Gasteiger partial charge in [-0.15, -0.1) is 10.2 Å². The third-order valence-corrected chi connectivity index (χ3v) is 3.88. The zero-order valence-electron chi connectivity index (χ0n) is 14.0. The Labute approximate surface area is 141 Å². The summed E-state index contributed by atoms with van der Waals surface area (Å²) >= 11 is 0.